The van der Waals surface area contributed by atoms with Crippen LogP contribution in [-0.4, -0.2) is 5.16 Å². The van der Waals surface area contributed by atoms with Gasteiger partial charge in [0.05, 0.1) is 5.56 Å². The van der Waals surface area contributed by atoms with Crippen LogP contribution in [0.1, 0.15) is 5.56 Å². The first-order chi connectivity index (χ1) is 10.1. The van der Waals surface area contributed by atoms with Crippen LogP contribution in [0.3, 0.4) is 0 Å². The summed E-state index contributed by atoms with van der Waals surface area (Å²) < 4.78 is 19.6. The molecule has 1 heterocycles. The summed E-state index contributed by atoms with van der Waals surface area (Å²) in [6.07, 6.45) is 0. The molecule has 0 aliphatic carbocycles. The fourth-order valence-electron chi connectivity index (χ4n) is 2.21. The molecular formula is C16H12BrFN2O. The largest absolute Gasteiger partial charge is 0.367 e. The van der Waals surface area contributed by atoms with Gasteiger partial charge >= 0.3 is 0 Å². The lowest BCUT2D eigenvalue weighted by molar-refractivity contribution is 0.439. The smallest absolute Gasteiger partial charge is 0.230 e. The minimum absolute atomic E-state index is 0.177. The standard InChI is InChI=1S/C16H12BrFN2O/c1-9-7-11(5-6-13(9)17)15-14(16(19)21-20-15)10-3-2-4-12(18)8-10/h2-8H,19H2,1H3. The maximum Gasteiger partial charge on any atom is 0.230 e. The van der Waals surface area contributed by atoms with Gasteiger partial charge in [0, 0.05) is 10.0 Å². The molecule has 3 rings (SSSR count). The van der Waals surface area contributed by atoms with Crippen molar-refractivity contribution in [1.29, 1.82) is 0 Å². The van der Waals surface area contributed by atoms with E-state index in [2.05, 4.69) is 21.1 Å². The van der Waals surface area contributed by atoms with Crippen LogP contribution in [-0.2, 0) is 0 Å². The summed E-state index contributed by atoms with van der Waals surface area (Å²) >= 11 is 3.46. The van der Waals surface area contributed by atoms with E-state index in [9.17, 15) is 4.39 Å². The van der Waals surface area contributed by atoms with Gasteiger partial charge in [-0.1, -0.05) is 39.3 Å². The molecule has 0 atom stereocenters. The van der Waals surface area contributed by atoms with Crippen LogP contribution in [0, 0.1) is 12.7 Å². The van der Waals surface area contributed by atoms with Crippen molar-refractivity contribution in [3.8, 4) is 22.4 Å². The molecular weight excluding hydrogens is 335 g/mol. The highest BCUT2D eigenvalue weighted by molar-refractivity contribution is 9.10. The number of hydrogen-bond acceptors (Lipinski definition) is 3. The van der Waals surface area contributed by atoms with Gasteiger partial charge in [-0.3, -0.25) is 0 Å². The van der Waals surface area contributed by atoms with Crippen LogP contribution in [0.15, 0.2) is 51.5 Å². The van der Waals surface area contributed by atoms with Gasteiger partial charge in [0.25, 0.3) is 0 Å². The minimum Gasteiger partial charge on any atom is -0.367 e. The fourth-order valence-corrected chi connectivity index (χ4v) is 2.46. The summed E-state index contributed by atoms with van der Waals surface area (Å²) in [6, 6.07) is 12.0. The molecule has 3 nitrogen and oxygen atoms in total. The number of rotatable bonds is 2. The van der Waals surface area contributed by atoms with E-state index in [1.807, 2.05) is 25.1 Å². The number of anilines is 1. The molecule has 0 unspecified atom stereocenters. The zero-order valence-electron chi connectivity index (χ0n) is 11.2. The predicted molar refractivity (Wildman–Crippen MR) is 84.2 cm³/mol. The van der Waals surface area contributed by atoms with E-state index in [-0.39, 0.29) is 11.7 Å². The fraction of sp³-hybridized carbons (Fsp3) is 0.0625. The molecule has 106 valence electrons. The number of aryl methyl sites for hydroxylation is 1. The van der Waals surface area contributed by atoms with Gasteiger partial charge in [-0.05, 0) is 42.3 Å². The van der Waals surface area contributed by atoms with E-state index in [1.165, 1.54) is 12.1 Å². The number of nitrogens with zero attached hydrogens (tertiary/aromatic N) is 1. The Balaban J connectivity index is 2.19. The van der Waals surface area contributed by atoms with Crippen molar-refractivity contribution < 1.29 is 8.91 Å². The van der Waals surface area contributed by atoms with Crippen molar-refractivity contribution in [3.05, 3.63) is 58.3 Å². The molecule has 5 heteroatoms. The Bertz CT molecular complexity index is 814. The predicted octanol–water partition coefficient (Wildman–Crippen LogP) is 4.80. The van der Waals surface area contributed by atoms with E-state index >= 15 is 0 Å². The third-order valence-corrected chi connectivity index (χ3v) is 4.15. The third kappa shape index (κ3) is 2.56. The van der Waals surface area contributed by atoms with E-state index in [0.29, 0.717) is 16.8 Å². The Morgan fingerprint density at radius 3 is 2.67 bits per heavy atom. The molecule has 0 aliphatic heterocycles. The average molecular weight is 347 g/mol. The number of benzene rings is 2. The molecule has 0 fully saturated rings. The second-order valence-electron chi connectivity index (χ2n) is 4.74. The molecule has 0 bridgehead atoms. The number of nitrogens with two attached hydrogens (primary N) is 1. The molecule has 0 radical (unpaired) electrons. The van der Waals surface area contributed by atoms with E-state index in [4.69, 9.17) is 10.3 Å². The summed E-state index contributed by atoms with van der Waals surface area (Å²) in [5.41, 5.74) is 9.66. The van der Waals surface area contributed by atoms with Crippen LogP contribution < -0.4 is 5.73 Å². The molecule has 1 aromatic heterocycles. The molecule has 3 aromatic rings. The van der Waals surface area contributed by atoms with Crippen LogP contribution in [0.5, 0.6) is 0 Å². The highest BCUT2D eigenvalue weighted by Crippen LogP contribution is 2.37. The molecule has 0 spiro atoms. The summed E-state index contributed by atoms with van der Waals surface area (Å²) in [5, 5.41) is 4.03. The second-order valence-corrected chi connectivity index (χ2v) is 5.60. The second kappa shape index (κ2) is 5.33. The first-order valence-electron chi connectivity index (χ1n) is 6.34. The molecule has 0 saturated carbocycles. The number of halogens is 2. The lowest BCUT2D eigenvalue weighted by Gasteiger charge is -2.05. The first kappa shape index (κ1) is 13.8. The summed E-state index contributed by atoms with van der Waals surface area (Å²) in [6.45, 7) is 1.99. The third-order valence-electron chi connectivity index (χ3n) is 3.26. The van der Waals surface area contributed by atoms with Gasteiger partial charge in [0.2, 0.25) is 5.88 Å². The number of aromatic nitrogens is 1. The van der Waals surface area contributed by atoms with Crippen molar-refractivity contribution >= 4 is 21.8 Å². The topological polar surface area (TPSA) is 52.0 Å². The van der Waals surface area contributed by atoms with Crippen LogP contribution in [0.4, 0.5) is 10.3 Å². The van der Waals surface area contributed by atoms with E-state index in [0.717, 1.165) is 15.6 Å². The molecule has 2 N–H and O–H groups in total. The van der Waals surface area contributed by atoms with Gasteiger partial charge in [0.1, 0.15) is 11.5 Å². The van der Waals surface area contributed by atoms with Crippen molar-refractivity contribution in [2.24, 2.45) is 0 Å². The van der Waals surface area contributed by atoms with Gasteiger partial charge in [-0.2, -0.15) is 0 Å². The van der Waals surface area contributed by atoms with Gasteiger partial charge in [-0.25, -0.2) is 4.39 Å². The van der Waals surface area contributed by atoms with Gasteiger partial charge in [0.15, 0.2) is 0 Å². The molecule has 2 aromatic carbocycles. The number of hydrogen-bond donors (Lipinski definition) is 1. The van der Waals surface area contributed by atoms with Crippen LogP contribution >= 0.6 is 15.9 Å². The summed E-state index contributed by atoms with van der Waals surface area (Å²) in [4.78, 5) is 0. The van der Waals surface area contributed by atoms with Crippen molar-refractivity contribution in [3.63, 3.8) is 0 Å². The zero-order chi connectivity index (χ0) is 15.0. The van der Waals surface area contributed by atoms with Crippen molar-refractivity contribution in [2.75, 3.05) is 5.73 Å². The lowest BCUT2D eigenvalue weighted by atomic mass is 10.00. The first-order valence-corrected chi connectivity index (χ1v) is 7.13. The maximum atomic E-state index is 13.4. The molecule has 0 amide bonds. The Hall–Kier alpha value is -2.14. The Kier molecular flexibility index (Phi) is 3.51. The van der Waals surface area contributed by atoms with E-state index < -0.39 is 0 Å². The Morgan fingerprint density at radius 2 is 1.95 bits per heavy atom. The quantitative estimate of drug-likeness (QED) is 0.724. The summed E-state index contributed by atoms with van der Waals surface area (Å²) in [5.74, 6) is -0.151. The molecule has 0 saturated heterocycles. The minimum atomic E-state index is -0.328. The normalized spacial score (nSPS) is 10.8. The SMILES string of the molecule is Cc1cc(-c2noc(N)c2-c2cccc(F)c2)ccc1Br. The highest BCUT2D eigenvalue weighted by Gasteiger charge is 2.18. The molecule has 0 aliphatic rings. The monoisotopic (exact) mass is 346 g/mol. The van der Waals surface area contributed by atoms with Crippen molar-refractivity contribution in [1.82, 2.24) is 5.16 Å². The van der Waals surface area contributed by atoms with Gasteiger partial charge in [-0.15, -0.1) is 0 Å². The lowest BCUT2D eigenvalue weighted by Crippen LogP contribution is -1.89. The zero-order valence-corrected chi connectivity index (χ0v) is 12.8. The number of nitrogen functional groups attached to an aromatic ring is 1. The van der Waals surface area contributed by atoms with Crippen LogP contribution in [0.25, 0.3) is 22.4 Å². The van der Waals surface area contributed by atoms with Gasteiger partial charge < -0.3 is 10.3 Å². The average Bonchev–Trinajstić information content (AvgIpc) is 2.84. The highest BCUT2D eigenvalue weighted by atomic mass is 79.9. The van der Waals surface area contributed by atoms with Crippen LogP contribution in [0.2, 0.25) is 0 Å². The maximum absolute atomic E-state index is 13.4. The van der Waals surface area contributed by atoms with Crippen molar-refractivity contribution in [2.45, 2.75) is 6.92 Å². The molecule has 21 heavy (non-hydrogen) atoms. The van der Waals surface area contributed by atoms with E-state index in [1.54, 1.807) is 12.1 Å². The Morgan fingerprint density at radius 1 is 1.14 bits per heavy atom. The summed E-state index contributed by atoms with van der Waals surface area (Å²) in [7, 11) is 0. The Labute approximate surface area is 129 Å².